The van der Waals surface area contributed by atoms with Gasteiger partial charge in [0.15, 0.2) is 5.16 Å². The zero-order valence-corrected chi connectivity index (χ0v) is 21.8. The van der Waals surface area contributed by atoms with Crippen molar-refractivity contribution in [2.24, 2.45) is 0 Å². The van der Waals surface area contributed by atoms with Crippen LogP contribution in [0.3, 0.4) is 0 Å². The minimum absolute atomic E-state index is 0.00668. The maximum atomic E-state index is 13.5. The summed E-state index contributed by atoms with van der Waals surface area (Å²) in [4.78, 5) is 33.4. The molecular weight excluding hydrogens is 466 g/mol. The molecule has 3 aromatic rings. The molecule has 4 rings (SSSR count). The number of methoxy groups -OCH3 is 1. The highest BCUT2D eigenvalue weighted by Crippen LogP contribution is 2.35. The van der Waals surface area contributed by atoms with Crippen molar-refractivity contribution in [3.63, 3.8) is 0 Å². The quantitative estimate of drug-likeness (QED) is 0.326. The van der Waals surface area contributed by atoms with E-state index in [1.807, 2.05) is 32.0 Å². The third kappa shape index (κ3) is 5.73. The summed E-state index contributed by atoms with van der Waals surface area (Å²) >= 11 is 2.99. The van der Waals surface area contributed by atoms with Gasteiger partial charge in [-0.05, 0) is 63.5 Å². The second-order valence-electron chi connectivity index (χ2n) is 8.93. The largest absolute Gasteiger partial charge is 0.383 e. The number of nitrogens with one attached hydrogen (secondary N) is 1. The molecule has 1 N–H and O–H groups in total. The lowest BCUT2D eigenvalue weighted by Gasteiger charge is -2.19. The van der Waals surface area contributed by atoms with Gasteiger partial charge in [0, 0.05) is 18.0 Å². The molecule has 0 saturated carbocycles. The predicted molar refractivity (Wildman–Crippen MR) is 140 cm³/mol. The molecule has 2 aromatic heterocycles. The maximum absolute atomic E-state index is 13.5. The van der Waals surface area contributed by atoms with Gasteiger partial charge in [-0.2, -0.15) is 0 Å². The number of ether oxygens (including phenoxy) is 1. The second-order valence-corrected chi connectivity index (χ2v) is 11.3. The van der Waals surface area contributed by atoms with E-state index in [4.69, 9.17) is 9.72 Å². The molecule has 0 bridgehead atoms. The zero-order valence-electron chi connectivity index (χ0n) is 20.1. The van der Waals surface area contributed by atoms with Gasteiger partial charge in [-0.15, -0.1) is 11.3 Å². The Hall–Kier alpha value is -2.16. The minimum Gasteiger partial charge on any atom is -0.383 e. The van der Waals surface area contributed by atoms with Gasteiger partial charge in [0.25, 0.3) is 5.56 Å². The van der Waals surface area contributed by atoms with Gasteiger partial charge in [-0.25, -0.2) is 4.98 Å². The molecule has 1 amide bonds. The zero-order chi connectivity index (χ0) is 24.1. The standard InChI is InChI=1S/C26H33N3O3S2/c1-17(13-14-19-9-5-4-6-10-19)27-23(30)18(2)33-26-28-24-22(25(31)29(26)15-16-32-3)20-11-7-8-12-21(20)34-24/h4-6,9-10,17-18H,7-8,11-16H2,1-3H3,(H,27,30)/t17-,18+/m1/s1. The molecule has 0 saturated heterocycles. The molecule has 0 spiro atoms. The summed E-state index contributed by atoms with van der Waals surface area (Å²) < 4.78 is 6.95. The maximum Gasteiger partial charge on any atom is 0.263 e. The van der Waals surface area contributed by atoms with Crippen LogP contribution in [-0.2, 0) is 35.3 Å². The third-order valence-corrected chi connectivity index (χ3v) is 8.58. The molecule has 1 aromatic carbocycles. The van der Waals surface area contributed by atoms with E-state index in [1.165, 1.54) is 34.2 Å². The van der Waals surface area contributed by atoms with Crippen molar-refractivity contribution in [2.75, 3.05) is 13.7 Å². The Morgan fingerprint density at radius 2 is 2.00 bits per heavy atom. The number of hydrogen-bond acceptors (Lipinski definition) is 6. The first kappa shape index (κ1) is 24.9. The molecule has 0 radical (unpaired) electrons. The van der Waals surface area contributed by atoms with Crippen LogP contribution in [0.25, 0.3) is 10.2 Å². The number of carbonyl (C=O) groups is 1. The van der Waals surface area contributed by atoms with E-state index in [2.05, 4.69) is 17.4 Å². The number of nitrogens with zero attached hydrogens (tertiary/aromatic N) is 2. The van der Waals surface area contributed by atoms with E-state index in [0.29, 0.717) is 18.3 Å². The monoisotopic (exact) mass is 499 g/mol. The smallest absolute Gasteiger partial charge is 0.263 e. The molecule has 1 aliphatic rings. The van der Waals surface area contributed by atoms with E-state index < -0.39 is 0 Å². The number of carbonyl (C=O) groups excluding carboxylic acids is 1. The van der Waals surface area contributed by atoms with Crippen LogP contribution in [0.15, 0.2) is 40.3 Å². The van der Waals surface area contributed by atoms with Gasteiger partial charge >= 0.3 is 0 Å². The van der Waals surface area contributed by atoms with E-state index in [9.17, 15) is 9.59 Å². The average molecular weight is 500 g/mol. The van der Waals surface area contributed by atoms with Crippen LogP contribution < -0.4 is 10.9 Å². The molecular formula is C26H33N3O3S2. The highest BCUT2D eigenvalue weighted by Gasteiger charge is 2.24. The molecule has 2 atom stereocenters. The van der Waals surface area contributed by atoms with Crippen molar-refractivity contribution in [2.45, 2.75) is 75.4 Å². The molecule has 6 nitrogen and oxygen atoms in total. The van der Waals surface area contributed by atoms with Crippen molar-refractivity contribution < 1.29 is 9.53 Å². The van der Waals surface area contributed by atoms with Crippen LogP contribution in [0.2, 0.25) is 0 Å². The van der Waals surface area contributed by atoms with Crippen molar-refractivity contribution in [3.8, 4) is 0 Å². The summed E-state index contributed by atoms with van der Waals surface area (Å²) in [5.74, 6) is -0.0383. The van der Waals surface area contributed by atoms with E-state index in [1.54, 1.807) is 23.0 Å². The van der Waals surface area contributed by atoms with Gasteiger partial charge in [0.1, 0.15) is 4.83 Å². The van der Waals surface area contributed by atoms with Gasteiger partial charge < -0.3 is 10.1 Å². The van der Waals surface area contributed by atoms with Crippen LogP contribution in [0.5, 0.6) is 0 Å². The van der Waals surface area contributed by atoms with Gasteiger partial charge in [-0.3, -0.25) is 14.2 Å². The molecule has 0 aliphatic heterocycles. The molecule has 0 fully saturated rings. The summed E-state index contributed by atoms with van der Waals surface area (Å²) in [6.45, 7) is 4.75. The van der Waals surface area contributed by atoms with Crippen molar-refractivity contribution in [1.29, 1.82) is 0 Å². The Labute approximate surface area is 209 Å². The van der Waals surface area contributed by atoms with Crippen molar-refractivity contribution in [3.05, 3.63) is 56.7 Å². The van der Waals surface area contributed by atoms with E-state index in [-0.39, 0.29) is 22.8 Å². The lowest BCUT2D eigenvalue weighted by atomic mass is 9.97. The molecule has 2 heterocycles. The van der Waals surface area contributed by atoms with Crippen LogP contribution in [-0.4, -0.2) is 40.5 Å². The van der Waals surface area contributed by atoms with E-state index in [0.717, 1.165) is 42.3 Å². The van der Waals surface area contributed by atoms with Crippen LogP contribution >= 0.6 is 23.1 Å². The number of benzene rings is 1. The van der Waals surface area contributed by atoms with Crippen LogP contribution in [0.4, 0.5) is 0 Å². The predicted octanol–water partition coefficient (Wildman–Crippen LogP) is 4.60. The number of rotatable bonds is 10. The minimum atomic E-state index is -0.369. The van der Waals surface area contributed by atoms with Crippen LogP contribution in [0, 0.1) is 0 Å². The first-order valence-electron chi connectivity index (χ1n) is 12.0. The Kier molecular flexibility index (Phi) is 8.45. The summed E-state index contributed by atoms with van der Waals surface area (Å²) in [6.07, 6.45) is 6.04. The number of hydrogen-bond donors (Lipinski definition) is 1. The highest BCUT2D eigenvalue weighted by molar-refractivity contribution is 8.00. The third-order valence-electron chi connectivity index (χ3n) is 6.31. The fourth-order valence-corrected chi connectivity index (χ4v) is 6.61. The molecule has 34 heavy (non-hydrogen) atoms. The highest BCUT2D eigenvalue weighted by atomic mass is 32.2. The Balaban J connectivity index is 1.49. The lowest BCUT2D eigenvalue weighted by Crippen LogP contribution is -2.38. The number of aromatic nitrogens is 2. The number of thiophene rings is 1. The number of amides is 1. The average Bonchev–Trinajstić information content (AvgIpc) is 3.21. The number of aryl methyl sites for hydroxylation is 3. The molecule has 1 aliphatic carbocycles. The van der Waals surface area contributed by atoms with Crippen molar-refractivity contribution >= 4 is 39.2 Å². The first-order chi connectivity index (χ1) is 16.5. The number of thioether (sulfide) groups is 1. The Morgan fingerprint density at radius 3 is 2.76 bits per heavy atom. The fraction of sp³-hybridized carbons (Fsp3) is 0.500. The Bertz CT molecular complexity index is 1190. The van der Waals surface area contributed by atoms with E-state index >= 15 is 0 Å². The fourth-order valence-electron chi connectivity index (χ4n) is 4.36. The topological polar surface area (TPSA) is 73.2 Å². The summed E-state index contributed by atoms with van der Waals surface area (Å²) in [6, 6.07) is 10.4. The Morgan fingerprint density at radius 1 is 1.24 bits per heavy atom. The molecule has 8 heteroatoms. The van der Waals surface area contributed by atoms with Gasteiger partial charge in [0.05, 0.1) is 23.8 Å². The lowest BCUT2D eigenvalue weighted by molar-refractivity contribution is -0.120. The number of fused-ring (bicyclic) bond motifs is 3. The second kappa shape index (κ2) is 11.5. The first-order valence-corrected chi connectivity index (χ1v) is 13.7. The van der Waals surface area contributed by atoms with Crippen molar-refractivity contribution in [1.82, 2.24) is 14.9 Å². The normalized spacial score (nSPS) is 15.1. The molecule has 182 valence electrons. The summed E-state index contributed by atoms with van der Waals surface area (Å²) in [5, 5.41) is 4.12. The summed E-state index contributed by atoms with van der Waals surface area (Å²) in [5.41, 5.74) is 2.45. The SMILES string of the molecule is COCCn1c(S[C@@H](C)C(=O)N[C@H](C)CCc2ccccc2)nc2sc3c(c2c1=O)CCCC3. The summed E-state index contributed by atoms with van der Waals surface area (Å²) in [7, 11) is 1.63. The van der Waals surface area contributed by atoms with Gasteiger partial charge in [0.2, 0.25) is 5.91 Å². The van der Waals surface area contributed by atoms with Gasteiger partial charge in [-0.1, -0.05) is 42.1 Å². The molecule has 0 unspecified atom stereocenters. The van der Waals surface area contributed by atoms with Crippen LogP contribution in [0.1, 0.15) is 49.1 Å².